The number of para-hydroxylation sites is 2. The Morgan fingerprint density at radius 3 is 2.37 bits per heavy atom. The monoisotopic (exact) mass is 640 g/mol. The Balaban J connectivity index is 0.00000368. The fourth-order valence-corrected chi connectivity index (χ4v) is 7.44. The van der Waals surface area contributed by atoms with Crippen LogP contribution < -0.4 is 14.9 Å². The van der Waals surface area contributed by atoms with Gasteiger partial charge in [0.15, 0.2) is 5.82 Å². The molecule has 236 valence electrons. The van der Waals surface area contributed by atoms with Gasteiger partial charge < -0.3 is 19.9 Å². The first-order valence-corrected chi connectivity index (χ1v) is 16.5. The summed E-state index contributed by atoms with van der Waals surface area (Å²) in [4.78, 5) is 17.9. The van der Waals surface area contributed by atoms with E-state index in [0.29, 0.717) is 74.3 Å². The molecule has 4 heterocycles. The lowest BCUT2D eigenvalue weighted by atomic mass is 9.92. The van der Waals surface area contributed by atoms with Crippen LogP contribution in [-0.4, -0.2) is 96.6 Å². The summed E-state index contributed by atoms with van der Waals surface area (Å²) in [5.74, 6) is 1.05. The average molecular weight is 641 g/mol. The van der Waals surface area contributed by atoms with E-state index in [0.717, 1.165) is 38.8 Å². The third kappa shape index (κ3) is 7.72. The summed E-state index contributed by atoms with van der Waals surface area (Å²) in [5, 5.41) is 3.49. The predicted molar refractivity (Wildman–Crippen MR) is 164 cm³/mol. The molecular formula is C28H39ClF2N8O3S. The molecule has 3 fully saturated rings. The quantitative estimate of drug-likeness (QED) is 0.342. The molecule has 2 N–H and O–H groups in total. The summed E-state index contributed by atoms with van der Waals surface area (Å²) in [5.41, 5.74) is 1.01. The van der Waals surface area contributed by atoms with E-state index in [9.17, 15) is 17.2 Å². The lowest BCUT2D eigenvalue weighted by Gasteiger charge is -2.31. The molecule has 2 aliphatic heterocycles. The zero-order valence-corrected chi connectivity index (χ0v) is 25.6. The maximum Gasteiger partial charge on any atom is 0.296 e. The summed E-state index contributed by atoms with van der Waals surface area (Å²) >= 11 is 0. The Hall–Kier alpha value is -2.65. The number of hydrogen-bond acceptors (Lipinski definition) is 9. The molecule has 1 aromatic carbocycles. The molecule has 0 bridgehead atoms. The molecule has 2 saturated heterocycles. The van der Waals surface area contributed by atoms with Crippen molar-refractivity contribution in [2.24, 2.45) is 0 Å². The van der Waals surface area contributed by atoms with Crippen LogP contribution in [0.2, 0.25) is 0 Å². The van der Waals surface area contributed by atoms with Crippen LogP contribution in [0.5, 0.6) is 0 Å². The zero-order chi connectivity index (χ0) is 29.1. The molecule has 0 atom stereocenters. The predicted octanol–water partition coefficient (Wildman–Crippen LogP) is 3.75. The minimum atomic E-state index is -3.34. The molecule has 3 aliphatic rings. The normalized spacial score (nSPS) is 21.8. The second-order valence-corrected chi connectivity index (χ2v) is 13.2. The van der Waals surface area contributed by atoms with Gasteiger partial charge in [-0.15, -0.1) is 12.4 Å². The number of hydrogen-bond donors (Lipinski definition) is 2. The van der Waals surface area contributed by atoms with Crippen LogP contribution in [0.15, 0.2) is 30.3 Å². The van der Waals surface area contributed by atoms with Gasteiger partial charge in [-0.2, -0.15) is 9.97 Å². The van der Waals surface area contributed by atoms with E-state index >= 15 is 0 Å². The molecular weight excluding hydrogens is 602 g/mol. The molecule has 0 spiro atoms. The molecule has 11 nitrogen and oxygen atoms in total. The number of aromatic nitrogens is 4. The number of sulfonamides is 1. The average Bonchev–Trinajstić information content (AvgIpc) is 3.66. The van der Waals surface area contributed by atoms with E-state index < -0.39 is 16.4 Å². The number of anilines is 2. The topological polar surface area (TPSA) is 118 Å². The Kier molecular flexibility index (Phi) is 10.3. The SMILES string of the molecule is Cl.O=S(=O)(CCN1CCCC1)N[C@H]1CC[C@H](Nc2cc(-n3c(C(F)F)nc4ccccc43)nc(N3CCOCC3)n2)CC1. The lowest BCUT2D eigenvalue weighted by Crippen LogP contribution is -2.42. The van der Waals surface area contributed by atoms with Crippen molar-refractivity contribution < 1.29 is 21.9 Å². The van der Waals surface area contributed by atoms with Crippen molar-refractivity contribution in [3.8, 4) is 5.82 Å². The molecule has 0 unspecified atom stereocenters. The second kappa shape index (κ2) is 14.0. The molecule has 0 radical (unpaired) electrons. The largest absolute Gasteiger partial charge is 0.378 e. The van der Waals surface area contributed by atoms with E-state index in [1.54, 1.807) is 30.3 Å². The summed E-state index contributed by atoms with van der Waals surface area (Å²) in [6.45, 7) is 4.79. The van der Waals surface area contributed by atoms with Gasteiger partial charge in [-0.25, -0.2) is 26.9 Å². The molecule has 3 aromatic rings. The molecule has 43 heavy (non-hydrogen) atoms. The smallest absolute Gasteiger partial charge is 0.296 e. The Morgan fingerprint density at radius 2 is 1.65 bits per heavy atom. The molecule has 0 amide bonds. The van der Waals surface area contributed by atoms with Gasteiger partial charge in [0.1, 0.15) is 11.6 Å². The number of likely N-dealkylation sites (tertiary alicyclic amines) is 1. The van der Waals surface area contributed by atoms with Gasteiger partial charge in [0.05, 0.1) is 30.0 Å². The van der Waals surface area contributed by atoms with E-state index in [1.165, 1.54) is 4.57 Å². The lowest BCUT2D eigenvalue weighted by molar-refractivity contribution is 0.122. The third-order valence-electron chi connectivity index (χ3n) is 8.31. The number of rotatable bonds is 10. The summed E-state index contributed by atoms with van der Waals surface area (Å²) in [6.07, 6.45) is 2.40. The first-order valence-electron chi connectivity index (χ1n) is 14.8. The van der Waals surface area contributed by atoms with Gasteiger partial charge in [-0.1, -0.05) is 12.1 Å². The minimum Gasteiger partial charge on any atom is -0.378 e. The van der Waals surface area contributed by atoms with Gasteiger partial charge in [0.2, 0.25) is 16.0 Å². The number of ether oxygens (including phenoxy) is 1. The standard InChI is InChI=1S/C28H38F2N8O3S.ClH/c29-26(30)27-32-22-5-1-2-6-23(22)38(27)25-19-24(33-28(34-25)37-13-16-41-17-14-37)31-20-7-9-21(10-8-20)35-42(39,40)18-15-36-11-3-4-12-36;/h1-2,5-6,19-21,26,35H,3-4,7-18H2,(H,31,33,34);1H/t20-,21-;. The highest BCUT2D eigenvalue weighted by molar-refractivity contribution is 7.89. The molecule has 1 aliphatic carbocycles. The third-order valence-corrected chi connectivity index (χ3v) is 9.72. The van der Waals surface area contributed by atoms with Gasteiger partial charge in [-0.3, -0.25) is 4.57 Å². The number of halogens is 3. The van der Waals surface area contributed by atoms with Crippen molar-refractivity contribution in [1.29, 1.82) is 0 Å². The number of alkyl halides is 2. The molecule has 1 saturated carbocycles. The fourth-order valence-electron chi connectivity index (χ4n) is 6.08. The fraction of sp³-hybridized carbons (Fsp3) is 0.607. The van der Waals surface area contributed by atoms with Gasteiger partial charge >= 0.3 is 0 Å². The van der Waals surface area contributed by atoms with Crippen LogP contribution in [0, 0.1) is 0 Å². The molecule has 6 rings (SSSR count). The summed E-state index contributed by atoms with van der Waals surface area (Å²) < 4.78 is 63.5. The van der Waals surface area contributed by atoms with Crippen molar-refractivity contribution in [2.75, 3.05) is 61.9 Å². The first-order chi connectivity index (χ1) is 20.3. The Labute approximate surface area is 256 Å². The highest BCUT2D eigenvalue weighted by Gasteiger charge is 2.27. The van der Waals surface area contributed by atoms with Gasteiger partial charge in [0.25, 0.3) is 6.43 Å². The van der Waals surface area contributed by atoms with Crippen molar-refractivity contribution in [1.82, 2.24) is 29.1 Å². The van der Waals surface area contributed by atoms with E-state index in [4.69, 9.17) is 14.7 Å². The van der Waals surface area contributed by atoms with E-state index in [-0.39, 0.29) is 36.1 Å². The number of nitrogens with one attached hydrogen (secondary N) is 2. The Bertz CT molecular complexity index is 1470. The second-order valence-electron chi connectivity index (χ2n) is 11.3. The molecule has 15 heteroatoms. The van der Waals surface area contributed by atoms with E-state index in [1.807, 2.05) is 4.90 Å². The number of imidazole rings is 1. The maximum absolute atomic E-state index is 14.1. The van der Waals surface area contributed by atoms with Crippen molar-refractivity contribution in [3.05, 3.63) is 36.2 Å². The highest BCUT2D eigenvalue weighted by atomic mass is 35.5. The highest BCUT2D eigenvalue weighted by Crippen LogP contribution is 2.30. The number of morpholine rings is 1. The van der Waals surface area contributed by atoms with Crippen molar-refractivity contribution in [3.63, 3.8) is 0 Å². The van der Waals surface area contributed by atoms with Crippen molar-refractivity contribution >= 4 is 45.2 Å². The van der Waals surface area contributed by atoms with Crippen LogP contribution in [0.4, 0.5) is 20.5 Å². The van der Waals surface area contributed by atoms with Crippen LogP contribution in [0.3, 0.4) is 0 Å². The Morgan fingerprint density at radius 1 is 0.953 bits per heavy atom. The molecule has 2 aromatic heterocycles. The van der Waals surface area contributed by atoms with Crippen molar-refractivity contribution in [2.45, 2.75) is 57.0 Å². The number of fused-ring (bicyclic) bond motifs is 1. The van der Waals surface area contributed by atoms with Gasteiger partial charge in [0, 0.05) is 37.8 Å². The van der Waals surface area contributed by atoms with Crippen LogP contribution >= 0.6 is 12.4 Å². The maximum atomic E-state index is 14.1. The number of nitrogens with zero attached hydrogens (tertiary/aromatic N) is 6. The van der Waals surface area contributed by atoms with E-state index in [2.05, 4.69) is 19.9 Å². The van der Waals surface area contributed by atoms with Crippen LogP contribution in [0.25, 0.3) is 16.9 Å². The van der Waals surface area contributed by atoms with Crippen LogP contribution in [-0.2, 0) is 14.8 Å². The minimum absolute atomic E-state index is 0. The summed E-state index contributed by atoms with van der Waals surface area (Å²) in [7, 11) is -3.34. The first kappa shape index (κ1) is 31.8. The summed E-state index contributed by atoms with van der Waals surface area (Å²) in [6, 6.07) is 8.68. The van der Waals surface area contributed by atoms with Crippen LogP contribution in [0.1, 0.15) is 50.8 Å². The van der Waals surface area contributed by atoms with Gasteiger partial charge in [-0.05, 0) is 63.7 Å². The number of benzene rings is 1. The zero-order valence-electron chi connectivity index (χ0n) is 24.0.